The number of halogens is 1. The Hall–Kier alpha value is -1.14. The van der Waals surface area contributed by atoms with Crippen molar-refractivity contribution >= 4 is 21.6 Å². The molecule has 19 heavy (non-hydrogen) atoms. The van der Waals surface area contributed by atoms with Crippen LogP contribution in [0.5, 0.6) is 0 Å². The van der Waals surface area contributed by atoms with Crippen LogP contribution >= 0.6 is 15.9 Å². The van der Waals surface area contributed by atoms with Gasteiger partial charge in [-0.15, -0.1) is 6.58 Å². The monoisotopic (exact) mass is 327 g/mol. The highest BCUT2D eigenvalue weighted by Gasteiger charge is 2.30. The van der Waals surface area contributed by atoms with Gasteiger partial charge in [0.05, 0.1) is 24.0 Å². The minimum absolute atomic E-state index is 0.205. The fourth-order valence-electron chi connectivity index (χ4n) is 2.31. The highest BCUT2D eigenvalue weighted by atomic mass is 79.9. The van der Waals surface area contributed by atoms with Crippen molar-refractivity contribution in [3.63, 3.8) is 0 Å². The number of aromatic nitrogens is 2. The number of nitrogens with zero attached hydrogens (tertiary/aromatic N) is 2. The summed E-state index contributed by atoms with van der Waals surface area (Å²) in [7, 11) is 0. The van der Waals surface area contributed by atoms with Crippen molar-refractivity contribution < 1.29 is 5.11 Å². The fourth-order valence-corrected chi connectivity index (χ4v) is 2.76. The molecular formula is C13H18BrN3O2. The summed E-state index contributed by atoms with van der Waals surface area (Å²) >= 11 is 3.28. The summed E-state index contributed by atoms with van der Waals surface area (Å²) in [6.45, 7) is 4.40. The van der Waals surface area contributed by atoms with E-state index in [2.05, 4.69) is 32.9 Å². The quantitative estimate of drug-likeness (QED) is 0.811. The van der Waals surface area contributed by atoms with Gasteiger partial charge in [-0.1, -0.05) is 18.9 Å². The van der Waals surface area contributed by atoms with Gasteiger partial charge in [0.15, 0.2) is 0 Å². The molecule has 6 heteroatoms. The molecule has 0 bridgehead atoms. The van der Waals surface area contributed by atoms with Gasteiger partial charge in [-0.25, -0.2) is 4.68 Å². The molecule has 1 aromatic heterocycles. The van der Waals surface area contributed by atoms with Crippen LogP contribution in [0.1, 0.15) is 25.7 Å². The third-order valence-electron chi connectivity index (χ3n) is 3.43. The molecular weight excluding hydrogens is 310 g/mol. The maximum absolute atomic E-state index is 12.0. The van der Waals surface area contributed by atoms with Gasteiger partial charge in [0.2, 0.25) is 0 Å². The van der Waals surface area contributed by atoms with Crippen molar-refractivity contribution in [3.05, 3.63) is 33.7 Å². The molecule has 2 N–H and O–H groups in total. The second kappa shape index (κ2) is 5.88. The molecule has 0 unspecified atom stereocenters. The first-order valence-electron chi connectivity index (χ1n) is 6.38. The van der Waals surface area contributed by atoms with Gasteiger partial charge in [-0.3, -0.25) is 4.79 Å². The van der Waals surface area contributed by atoms with Crippen LogP contribution in [-0.2, 0) is 6.54 Å². The van der Waals surface area contributed by atoms with Crippen molar-refractivity contribution in [2.45, 2.75) is 37.8 Å². The van der Waals surface area contributed by atoms with Crippen LogP contribution in [0.4, 0.5) is 5.69 Å². The van der Waals surface area contributed by atoms with Gasteiger partial charge >= 0.3 is 0 Å². The van der Waals surface area contributed by atoms with E-state index >= 15 is 0 Å². The largest absolute Gasteiger partial charge is 0.388 e. The second-order valence-electron chi connectivity index (χ2n) is 4.93. The van der Waals surface area contributed by atoms with Crippen LogP contribution in [0.2, 0.25) is 0 Å². The summed E-state index contributed by atoms with van der Waals surface area (Å²) in [5.74, 6) is 0. The molecule has 1 aliphatic rings. The zero-order valence-corrected chi connectivity index (χ0v) is 12.3. The van der Waals surface area contributed by atoms with Gasteiger partial charge in [0.25, 0.3) is 5.56 Å². The van der Waals surface area contributed by atoms with E-state index in [4.69, 9.17) is 0 Å². The average Bonchev–Trinajstić information content (AvgIpc) is 2.82. The summed E-state index contributed by atoms with van der Waals surface area (Å²) in [6, 6.07) is 0. The first-order chi connectivity index (χ1) is 9.06. The summed E-state index contributed by atoms with van der Waals surface area (Å²) in [4.78, 5) is 12.0. The number of hydrogen-bond donors (Lipinski definition) is 2. The number of hydrogen-bond acceptors (Lipinski definition) is 4. The molecule has 104 valence electrons. The topological polar surface area (TPSA) is 67.2 Å². The predicted molar refractivity (Wildman–Crippen MR) is 78.3 cm³/mol. The highest BCUT2D eigenvalue weighted by molar-refractivity contribution is 9.10. The molecule has 0 aliphatic heterocycles. The zero-order chi connectivity index (χ0) is 13.9. The molecule has 0 amide bonds. The van der Waals surface area contributed by atoms with Crippen molar-refractivity contribution in [1.29, 1.82) is 0 Å². The lowest BCUT2D eigenvalue weighted by molar-refractivity contribution is 0.0614. The summed E-state index contributed by atoms with van der Waals surface area (Å²) in [5, 5.41) is 17.4. The van der Waals surface area contributed by atoms with Crippen LogP contribution in [0.3, 0.4) is 0 Å². The first kappa shape index (κ1) is 14.3. The maximum atomic E-state index is 12.0. The van der Waals surface area contributed by atoms with Crippen LogP contribution in [0.15, 0.2) is 28.1 Å². The van der Waals surface area contributed by atoms with Gasteiger partial charge in [-0.05, 0) is 28.8 Å². The van der Waals surface area contributed by atoms with Crippen molar-refractivity contribution in [2.24, 2.45) is 0 Å². The van der Waals surface area contributed by atoms with Gasteiger partial charge in [-0.2, -0.15) is 5.10 Å². The van der Waals surface area contributed by atoms with Crippen LogP contribution < -0.4 is 10.9 Å². The van der Waals surface area contributed by atoms with Gasteiger partial charge in [0.1, 0.15) is 4.47 Å². The minimum Gasteiger partial charge on any atom is -0.388 e. The Bertz CT molecular complexity index is 521. The van der Waals surface area contributed by atoms with E-state index in [9.17, 15) is 9.90 Å². The molecule has 0 saturated heterocycles. The SMILES string of the molecule is C=CCn1ncc(NCC2(O)CCCC2)c(Br)c1=O. The lowest BCUT2D eigenvalue weighted by atomic mass is 10.0. The van der Waals surface area contributed by atoms with Crippen LogP contribution in [0.25, 0.3) is 0 Å². The van der Waals surface area contributed by atoms with Gasteiger partial charge in [0, 0.05) is 6.54 Å². The number of anilines is 1. The fraction of sp³-hybridized carbons (Fsp3) is 0.538. The van der Waals surface area contributed by atoms with E-state index in [0.29, 0.717) is 23.2 Å². The van der Waals surface area contributed by atoms with E-state index in [1.807, 2.05) is 0 Å². The summed E-state index contributed by atoms with van der Waals surface area (Å²) < 4.78 is 1.76. The number of rotatable bonds is 5. The van der Waals surface area contributed by atoms with Crippen molar-refractivity contribution in [3.8, 4) is 0 Å². The first-order valence-corrected chi connectivity index (χ1v) is 7.18. The molecule has 1 aliphatic carbocycles. The Balaban J connectivity index is 2.11. The average molecular weight is 328 g/mol. The highest BCUT2D eigenvalue weighted by Crippen LogP contribution is 2.30. The van der Waals surface area contributed by atoms with E-state index in [1.54, 1.807) is 12.3 Å². The second-order valence-corrected chi connectivity index (χ2v) is 5.73. The molecule has 2 rings (SSSR count). The molecule has 0 aromatic carbocycles. The molecule has 0 radical (unpaired) electrons. The van der Waals surface area contributed by atoms with Crippen LogP contribution in [0, 0.1) is 0 Å². The van der Waals surface area contributed by atoms with E-state index in [-0.39, 0.29) is 5.56 Å². The van der Waals surface area contributed by atoms with Crippen molar-refractivity contribution in [2.75, 3.05) is 11.9 Å². The Labute approximate surface area is 120 Å². The molecule has 5 nitrogen and oxygen atoms in total. The lowest BCUT2D eigenvalue weighted by Gasteiger charge is -2.23. The molecule has 1 fully saturated rings. The van der Waals surface area contributed by atoms with Crippen molar-refractivity contribution in [1.82, 2.24) is 9.78 Å². The van der Waals surface area contributed by atoms with Gasteiger partial charge < -0.3 is 10.4 Å². The van der Waals surface area contributed by atoms with Crippen LogP contribution in [-0.4, -0.2) is 27.0 Å². The number of allylic oxidation sites excluding steroid dienone is 1. The third kappa shape index (κ3) is 3.25. The third-order valence-corrected chi connectivity index (χ3v) is 4.20. The Morgan fingerprint density at radius 3 is 2.89 bits per heavy atom. The van der Waals surface area contributed by atoms with E-state index < -0.39 is 5.60 Å². The summed E-state index contributed by atoms with van der Waals surface area (Å²) in [5.41, 5.74) is -0.246. The lowest BCUT2D eigenvalue weighted by Crippen LogP contribution is -2.34. The normalized spacial score (nSPS) is 17.4. The van der Waals surface area contributed by atoms with E-state index in [1.165, 1.54) is 4.68 Å². The minimum atomic E-state index is -0.657. The Morgan fingerprint density at radius 1 is 1.58 bits per heavy atom. The molecule has 0 atom stereocenters. The zero-order valence-electron chi connectivity index (χ0n) is 10.7. The number of nitrogens with one attached hydrogen (secondary N) is 1. The summed E-state index contributed by atoms with van der Waals surface area (Å²) in [6.07, 6.45) is 6.93. The smallest absolute Gasteiger partial charge is 0.283 e. The maximum Gasteiger partial charge on any atom is 0.283 e. The Kier molecular flexibility index (Phi) is 4.42. The Morgan fingerprint density at radius 2 is 2.26 bits per heavy atom. The van der Waals surface area contributed by atoms with E-state index in [0.717, 1.165) is 25.7 Å². The molecule has 0 spiro atoms. The number of aliphatic hydroxyl groups is 1. The predicted octanol–water partition coefficient (Wildman–Crippen LogP) is 1.91. The molecule has 1 heterocycles. The molecule has 1 saturated carbocycles. The molecule has 1 aromatic rings. The standard InChI is InChI=1S/C13H18BrN3O2/c1-2-7-17-12(18)11(14)10(8-16-17)15-9-13(19)5-3-4-6-13/h2,8,15,19H,1,3-7,9H2.